The number of hydrogen-bond acceptors (Lipinski definition) is 15. The normalized spacial score (nSPS) is 15.0. The van der Waals surface area contributed by atoms with Crippen molar-refractivity contribution in [1.82, 2.24) is 0 Å². The molecule has 0 aromatic rings. The van der Waals surface area contributed by atoms with Crippen molar-refractivity contribution in [1.29, 1.82) is 0 Å². The second-order valence-corrected chi connectivity index (χ2v) is 31.5. The molecule has 564 valence electrons. The highest BCUT2D eigenvalue weighted by Crippen LogP contribution is 2.45. The van der Waals surface area contributed by atoms with E-state index in [1.165, 1.54) is 173 Å². The van der Waals surface area contributed by atoms with Crippen molar-refractivity contribution in [3.05, 3.63) is 0 Å². The Hall–Kier alpha value is -1.94. The molecule has 3 N–H and O–H groups in total. The molecule has 0 amide bonds. The number of unbranched alkanes of at least 4 members (excludes halogenated alkanes) is 36. The van der Waals surface area contributed by atoms with Crippen LogP contribution in [-0.2, 0) is 65.4 Å². The van der Waals surface area contributed by atoms with Gasteiger partial charge in [0.15, 0.2) is 12.2 Å². The first-order chi connectivity index (χ1) is 45.7. The molecule has 95 heavy (non-hydrogen) atoms. The Labute approximate surface area is 581 Å². The van der Waals surface area contributed by atoms with Crippen molar-refractivity contribution < 1.29 is 80.2 Å². The summed E-state index contributed by atoms with van der Waals surface area (Å²) in [7, 11) is -9.91. The van der Waals surface area contributed by atoms with Crippen LogP contribution >= 0.6 is 15.6 Å². The van der Waals surface area contributed by atoms with Gasteiger partial charge in [-0.2, -0.15) is 0 Å². The van der Waals surface area contributed by atoms with Crippen LogP contribution in [0.5, 0.6) is 0 Å². The first kappa shape index (κ1) is 93.1. The third-order valence-corrected chi connectivity index (χ3v) is 20.6. The molecule has 0 bridgehead atoms. The van der Waals surface area contributed by atoms with Gasteiger partial charge in [0, 0.05) is 25.7 Å². The van der Waals surface area contributed by atoms with Crippen molar-refractivity contribution in [2.75, 3.05) is 39.6 Å². The number of aliphatic hydroxyl groups excluding tert-OH is 1. The molecule has 5 unspecified atom stereocenters. The van der Waals surface area contributed by atoms with E-state index in [-0.39, 0.29) is 25.7 Å². The van der Waals surface area contributed by atoms with Gasteiger partial charge < -0.3 is 33.8 Å². The van der Waals surface area contributed by atoms with Crippen LogP contribution in [0.15, 0.2) is 0 Å². The number of carbonyl (C=O) groups excluding carboxylic acids is 4. The molecule has 0 rings (SSSR count). The second-order valence-electron chi connectivity index (χ2n) is 28.6. The average molecular weight is 1400 g/mol. The number of phosphoric ester groups is 2. The number of hydrogen-bond donors (Lipinski definition) is 3. The van der Waals surface area contributed by atoms with E-state index in [2.05, 4.69) is 55.4 Å². The third-order valence-electron chi connectivity index (χ3n) is 18.7. The molecule has 0 saturated carbocycles. The Morgan fingerprint density at radius 1 is 0.295 bits per heavy atom. The summed E-state index contributed by atoms with van der Waals surface area (Å²) in [6, 6.07) is 0. The standard InChI is InChI=1S/C76H148O17P2/c1-9-67(6)53-45-37-28-24-20-18-16-14-12-13-15-17-19-21-26-30-42-50-58-75(80)93-72(63-87-74(79)57-49-41-35-33-39-47-55-69(8)11-3)65-91-95(84,85)89-61-70(77)60-88-94(82,83)90-64-71(62-86-73(78)56-48-40-34-32-36-44-52-66(4)5)92-76(81)59-51-43-31-27-23-22-25-29-38-46-54-68(7)10-2/h66-72,77H,9-65H2,1-8H3,(H,82,83)(H,84,85)/t67?,68?,69?,70-,71-,72-/m1/s1. The third kappa shape index (κ3) is 66.4. The van der Waals surface area contributed by atoms with Gasteiger partial charge in [-0.15, -0.1) is 0 Å². The minimum absolute atomic E-state index is 0.105. The Kier molecular flexibility index (Phi) is 64.0. The summed E-state index contributed by atoms with van der Waals surface area (Å²) < 4.78 is 68.4. The highest BCUT2D eigenvalue weighted by Gasteiger charge is 2.30. The number of phosphoric acid groups is 2. The van der Waals surface area contributed by atoms with Gasteiger partial charge in [-0.1, -0.05) is 331 Å². The van der Waals surface area contributed by atoms with E-state index in [0.717, 1.165) is 120 Å². The van der Waals surface area contributed by atoms with E-state index in [0.29, 0.717) is 31.6 Å². The zero-order valence-electron chi connectivity index (χ0n) is 62.3. The van der Waals surface area contributed by atoms with Gasteiger partial charge in [-0.05, 0) is 49.4 Å². The molecule has 0 radical (unpaired) electrons. The highest BCUT2D eigenvalue weighted by molar-refractivity contribution is 7.47. The molecule has 0 aliphatic carbocycles. The largest absolute Gasteiger partial charge is 0.472 e. The summed E-state index contributed by atoms with van der Waals surface area (Å²) in [6.45, 7) is 14.2. The molecule has 0 fully saturated rings. The van der Waals surface area contributed by atoms with E-state index >= 15 is 0 Å². The Morgan fingerprint density at radius 2 is 0.505 bits per heavy atom. The predicted octanol–water partition coefficient (Wildman–Crippen LogP) is 22.0. The predicted molar refractivity (Wildman–Crippen MR) is 386 cm³/mol. The van der Waals surface area contributed by atoms with Crippen LogP contribution in [0.3, 0.4) is 0 Å². The van der Waals surface area contributed by atoms with Crippen LogP contribution in [0, 0.1) is 23.7 Å². The summed E-state index contributed by atoms with van der Waals surface area (Å²) in [4.78, 5) is 72.7. The lowest BCUT2D eigenvalue weighted by atomic mass is 9.99. The van der Waals surface area contributed by atoms with Crippen molar-refractivity contribution in [2.24, 2.45) is 23.7 Å². The van der Waals surface area contributed by atoms with E-state index in [1.54, 1.807) is 0 Å². The maximum Gasteiger partial charge on any atom is 0.472 e. The molecular weight excluding hydrogens is 1250 g/mol. The van der Waals surface area contributed by atoms with Crippen molar-refractivity contribution in [3.8, 4) is 0 Å². The molecule has 0 spiro atoms. The van der Waals surface area contributed by atoms with Crippen LogP contribution in [0.1, 0.15) is 383 Å². The lowest BCUT2D eigenvalue weighted by molar-refractivity contribution is -0.161. The first-order valence-electron chi connectivity index (χ1n) is 39.3. The zero-order valence-corrected chi connectivity index (χ0v) is 64.1. The molecule has 0 aromatic heterocycles. The van der Waals surface area contributed by atoms with E-state index in [9.17, 15) is 43.2 Å². The van der Waals surface area contributed by atoms with Crippen molar-refractivity contribution in [2.45, 2.75) is 401 Å². The topological polar surface area (TPSA) is 237 Å². The molecule has 17 nitrogen and oxygen atoms in total. The summed E-state index contributed by atoms with van der Waals surface area (Å²) >= 11 is 0. The Bertz CT molecular complexity index is 1870. The molecule has 19 heteroatoms. The average Bonchev–Trinajstić information content (AvgIpc) is 2.41. The molecule has 0 heterocycles. The van der Waals surface area contributed by atoms with E-state index in [1.807, 2.05) is 0 Å². The van der Waals surface area contributed by atoms with Gasteiger partial charge in [0.25, 0.3) is 0 Å². The quantitative estimate of drug-likeness (QED) is 0.0222. The van der Waals surface area contributed by atoms with Crippen molar-refractivity contribution >= 4 is 39.5 Å². The summed E-state index contributed by atoms with van der Waals surface area (Å²) in [5, 5.41) is 10.6. The molecule has 0 saturated heterocycles. The van der Waals surface area contributed by atoms with Gasteiger partial charge in [0.2, 0.25) is 0 Å². The van der Waals surface area contributed by atoms with E-state index < -0.39 is 97.5 Å². The number of rotatable bonds is 73. The molecular formula is C76H148O17P2. The fourth-order valence-electron chi connectivity index (χ4n) is 11.5. The Balaban J connectivity index is 5.16. The van der Waals surface area contributed by atoms with Crippen molar-refractivity contribution in [3.63, 3.8) is 0 Å². The fraction of sp³-hybridized carbons (Fsp3) is 0.947. The molecule has 0 aliphatic heterocycles. The smallest absolute Gasteiger partial charge is 0.462 e. The van der Waals surface area contributed by atoms with Gasteiger partial charge in [0.05, 0.1) is 26.4 Å². The number of ether oxygens (including phenoxy) is 4. The zero-order chi connectivity index (χ0) is 70.3. The van der Waals surface area contributed by atoms with Gasteiger partial charge >= 0.3 is 39.5 Å². The lowest BCUT2D eigenvalue weighted by Gasteiger charge is -2.21. The summed E-state index contributed by atoms with van der Waals surface area (Å²) in [6.07, 6.45) is 50.2. The van der Waals surface area contributed by atoms with E-state index in [4.69, 9.17) is 37.0 Å². The lowest BCUT2D eigenvalue weighted by Crippen LogP contribution is -2.30. The van der Waals surface area contributed by atoms with Gasteiger partial charge in [-0.3, -0.25) is 37.3 Å². The second kappa shape index (κ2) is 65.4. The van der Waals surface area contributed by atoms with Gasteiger partial charge in [-0.25, -0.2) is 9.13 Å². The Morgan fingerprint density at radius 3 is 0.747 bits per heavy atom. The molecule has 0 aromatic carbocycles. The molecule has 0 aliphatic rings. The number of esters is 4. The number of aliphatic hydroxyl groups is 1. The van der Waals surface area contributed by atoms with Crippen LogP contribution in [0.25, 0.3) is 0 Å². The maximum atomic E-state index is 13.1. The maximum absolute atomic E-state index is 13.1. The molecule has 8 atom stereocenters. The monoisotopic (exact) mass is 1400 g/mol. The van der Waals surface area contributed by atoms with Crippen LogP contribution < -0.4 is 0 Å². The van der Waals surface area contributed by atoms with Gasteiger partial charge in [0.1, 0.15) is 19.3 Å². The van der Waals surface area contributed by atoms with Crippen LogP contribution in [0.2, 0.25) is 0 Å². The minimum Gasteiger partial charge on any atom is -0.462 e. The number of carbonyl (C=O) groups is 4. The summed E-state index contributed by atoms with van der Waals surface area (Å²) in [5.41, 5.74) is 0. The van der Waals surface area contributed by atoms with Crippen LogP contribution in [-0.4, -0.2) is 96.7 Å². The first-order valence-corrected chi connectivity index (χ1v) is 42.3. The fourth-order valence-corrected chi connectivity index (χ4v) is 13.0. The highest BCUT2D eigenvalue weighted by atomic mass is 31.2. The van der Waals surface area contributed by atoms with Crippen LogP contribution in [0.4, 0.5) is 0 Å². The SMILES string of the molecule is CCC(C)CCCCCCCCCCCCCCCCCCCCC(=O)O[C@H](COC(=O)CCCCCCCCC(C)CC)COP(=O)(O)OC[C@H](O)COP(=O)(O)OC[C@@H](COC(=O)CCCCCCCCC(C)C)OC(=O)CCCCCCCCCCCCC(C)CC. The minimum atomic E-state index is -4.96. The summed E-state index contributed by atoms with van der Waals surface area (Å²) in [5.74, 6) is 0.959.